The first-order chi connectivity index (χ1) is 18.3. The molecule has 0 amide bonds. The number of fused-ring (bicyclic) bond motifs is 1. The van der Waals surface area contributed by atoms with E-state index in [9.17, 15) is 18.3 Å². The first-order valence-corrected chi connectivity index (χ1v) is 15.2. The first kappa shape index (κ1) is 25.4. The zero-order chi connectivity index (χ0) is 26.5. The summed E-state index contributed by atoms with van der Waals surface area (Å²) in [7, 11) is -3.71. The smallest absolute Gasteiger partial charge is 0.315 e. The van der Waals surface area contributed by atoms with Gasteiger partial charge in [0.05, 0.1) is 28.8 Å². The normalized spacial score (nSPS) is 23.7. The predicted molar refractivity (Wildman–Crippen MR) is 144 cm³/mol. The van der Waals surface area contributed by atoms with Crippen molar-refractivity contribution in [3.63, 3.8) is 0 Å². The second-order valence-electron chi connectivity index (χ2n) is 11.1. The topological polar surface area (TPSA) is 102 Å². The van der Waals surface area contributed by atoms with Crippen molar-refractivity contribution in [3.05, 3.63) is 54.2 Å². The molecular weight excluding hydrogens is 502 g/mol. The molecule has 3 fully saturated rings. The fourth-order valence-corrected chi connectivity index (χ4v) is 8.11. The molecule has 1 N–H and O–H groups in total. The van der Waals surface area contributed by atoms with Crippen molar-refractivity contribution in [2.24, 2.45) is 11.8 Å². The number of carboxylic acid groups (broad SMARTS) is 1. The lowest BCUT2D eigenvalue weighted by Crippen LogP contribution is -2.29. The van der Waals surface area contributed by atoms with Gasteiger partial charge in [-0.3, -0.25) is 9.48 Å². The van der Waals surface area contributed by atoms with Gasteiger partial charge < -0.3 is 9.84 Å². The van der Waals surface area contributed by atoms with Crippen LogP contribution in [0.4, 0.5) is 0 Å². The average Bonchev–Trinajstić information content (AvgIpc) is 3.22. The van der Waals surface area contributed by atoms with Gasteiger partial charge in [0.2, 0.25) is 10.0 Å². The molecule has 38 heavy (non-hydrogen) atoms. The predicted octanol–water partition coefficient (Wildman–Crippen LogP) is 4.99. The van der Waals surface area contributed by atoms with Gasteiger partial charge in [0.15, 0.2) is 0 Å². The molecule has 3 aromatic rings. The zero-order valence-electron chi connectivity index (χ0n) is 21.8. The summed E-state index contributed by atoms with van der Waals surface area (Å²) in [4.78, 5) is 12.5. The quantitative estimate of drug-likeness (QED) is 0.413. The molecule has 8 nitrogen and oxygen atoms in total. The molecule has 2 saturated carbocycles. The fraction of sp³-hybridized carbons (Fsp3) is 0.517. The molecule has 3 aliphatic rings. The van der Waals surface area contributed by atoms with Gasteiger partial charge in [0.1, 0.15) is 11.2 Å². The number of hydrogen-bond donors (Lipinski definition) is 1. The molecule has 0 spiro atoms. The highest BCUT2D eigenvalue weighted by Gasteiger charge is 2.55. The van der Waals surface area contributed by atoms with E-state index >= 15 is 0 Å². The van der Waals surface area contributed by atoms with Crippen LogP contribution in [0.5, 0.6) is 5.75 Å². The maximum Gasteiger partial charge on any atom is 0.315 e. The Labute approximate surface area is 223 Å². The minimum absolute atomic E-state index is 0.103. The summed E-state index contributed by atoms with van der Waals surface area (Å²) in [6, 6.07) is 14.3. The van der Waals surface area contributed by atoms with Crippen LogP contribution in [-0.2, 0) is 20.2 Å². The summed E-state index contributed by atoms with van der Waals surface area (Å²) < 4.78 is 36.6. The Morgan fingerprint density at radius 2 is 1.79 bits per heavy atom. The highest BCUT2D eigenvalue weighted by molar-refractivity contribution is 7.89. The number of ether oxygens (including phenoxy) is 1. The van der Waals surface area contributed by atoms with Gasteiger partial charge in [0.25, 0.3) is 0 Å². The summed E-state index contributed by atoms with van der Waals surface area (Å²) in [5.41, 5.74) is 0.572. The van der Waals surface area contributed by atoms with E-state index in [2.05, 4.69) is 0 Å². The van der Waals surface area contributed by atoms with Gasteiger partial charge >= 0.3 is 5.97 Å². The Morgan fingerprint density at radius 1 is 1.08 bits per heavy atom. The number of carboxylic acids is 1. The third-order valence-electron chi connectivity index (χ3n) is 8.80. The molecular formula is C29H35N3O5S. The van der Waals surface area contributed by atoms with E-state index in [4.69, 9.17) is 9.84 Å². The summed E-state index contributed by atoms with van der Waals surface area (Å²) >= 11 is 0. The standard InChI is InChI=1S/C29H35N3O5S/c1-2-37-22-11-13-23(14-12-22)38(35,36)31-18-21(17-20-7-3-4-8-20)26(19-31)32-25-10-6-5-9-24(25)27(30-32)29(15-16-29)28(33)34/h5-6,9-14,20-21,26H,2-4,7-8,15-19H2,1H3,(H,33,34)/t21-,26+/m1/s1. The number of carbonyl (C=O) groups is 1. The Bertz CT molecular complexity index is 1440. The van der Waals surface area contributed by atoms with Crippen molar-refractivity contribution in [3.8, 4) is 5.75 Å². The van der Waals surface area contributed by atoms with Gasteiger partial charge in [-0.05, 0) is 68.4 Å². The second-order valence-corrected chi connectivity index (χ2v) is 13.1. The largest absolute Gasteiger partial charge is 0.494 e. The highest BCUT2D eigenvalue weighted by atomic mass is 32.2. The maximum absolute atomic E-state index is 13.8. The molecule has 0 radical (unpaired) electrons. The maximum atomic E-state index is 13.8. The molecule has 1 aromatic heterocycles. The lowest BCUT2D eigenvalue weighted by atomic mass is 9.90. The van der Waals surface area contributed by atoms with Crippen LogP contribution in [0.2, 0.25) is 0 Å². The molecule has 2 atom stereocenters. The van der Waals surface area contributed by atoms with Gasteiger partial charge in [0, 0.05) is 18.5 Å². The molecule has 0 bridgehead atoms. The van der Waals surface area contributed by atoms with Crippen molar-refractivity contribution in [2.75, 3.05) is 19.7 Å². The number of aliphatic carboxylic acids is 1. The average molecular weight is 538 g/mol. The molecule has 1 saturated heterocycles. The molecule has 6 rings (SSSR count). The number of benzene rings is 2. The van der Waals surface area contributed by atoms with Crippen molar-refractivity contribution >= 4 is 26.9 Å². The Morgan fingerprint density at radius 3 is 2.45 bits per heavy atom. The Kier molecular flexibility index (Phi) is 6.46. The lowest BCUT2D eigenvalue weighted by molar-refractivity contribution is -0.140. The molecule has 1 aliphatic heterocycles. The van der Waals surface area contributed by atoms with Gasteiger partial charge in [-0.15, -0.1) is 0 Å². The van der Waals surface area contributed by atoms with E-state index in [1.54, 1.807) is 28.6 Å². The minimum atomic E-state index is -3.71. The van der Waals surface area contributed by atoms with Crippen molar-refractivity contribution < 1.29 is 23.1 Å². The van der Waals surface area contributed by atoms with E-state index in [1.807, 2.05) is 35.9 Å². The number of rotatable bonds is 9. The van der Waals surface area contributed by atoms with Crippen LogP contribution in [0, 0.1) is 11.8 Å². The van der Waals surface area contributed by atoms with Crippen LogP contribution < -0.4 is 4.74 Å². The van der Waals surface area contributed by atoms with Crippen LogP contribution in [0.1, 0.15) is 63.6 Å². The van der Waals surface area contributed by atoms with E-state index in [-0.39, 0.29) is 16.9 Å². The first-order valence-electron chi connectivity index (χ1n) is 13.8. The van der Waals surface area contributed by atoms with Crippen LogP contribution in [0.25, 0.3) is 10.9 Å². The van der Waals surface area contributed by atoms with E-state index in [0.29, 0.717) is 49.9 Å². The van der Waals surface area contributed by atoms with E-state index in [0.717, 1.165) is 17.3 Å². The van der Waals surface area contributed by atoms with Crippen molar-refractivity contribution in [1.82, 2.24) is 14.1 Å². The Hall–Kier alpha value is -2.91. The molecule has 9 heteroatoms. The van der Waals surface area contributed by atoms with Crippen LogP contribution in [0.15, 0.2) is 53.4 Å². The monoisotopic (exact) mass is 537 g/mol. The summed E-state index contributed by atoms with van der Waals surface area (Å²) in [6.45, 7) is 3.17. The third-order valence-corrected chi connectivity index (χ3v) is 10.6. The highest BCUT2D eigenvalue weighted by Crippen LogP contribution is 2.51. The zero-order valence-corrected chi connectivity index (χ0v) is 22.6. The number of para-hydroxylation sites is 1. The number of nitrogens with zero attached hydrogens (tertiary/aromatic N) is 3. The minimum Gasteiger partial charge on any atom is -0.494 e. The number of hydrogen-bond acceptors (Lipinski definition) is 5. The lowest BCUT2D eigenvalue weighted by Gasteiger charge is -2.22. The number of sulfonamides is 1. The molecule has 0 unspecified atom stereocenters. The summed E-state index contributed by atoms with van der Waals surface area (Å²) in [5.74, 6) is 0.506. The van der Waals surface area contributed by atoms with E-state index < -0.39 is 21.4 Å². The fourth-order valence-electron chi connectivity index (χ4n) is 6.59. The summed E-state index contributed by atoms with van der Waals surface area (Å²) in [6.07, 6.45) is 6.94. The van der Waals surface area contributed by atoms with Crippen LogP contribution in [0.3, 0.4) is 0 Å². The van der Waals surface area contributed by atoms with Crippen molar-refractivity contribution in [2.45, 2.75) is 68.2 Å². The Balaban J connectivity index is 1.37. The third kappa shape index (κ3) is 4.29. The van der Waals surface area contributed by atoms with Gasteiger partial charge in [-0.25, -0.2) is 8.42 Å². The van der Waals surface area contributed by atoms with Gasteiger partial charge in [-0.2, -0.15) is 9.40 Å². The van der Waals surface area contributed by atoms with E-state index in [1.165, 1.54) is 25.7 Å². The molecule has 2 heterocycles. The molecule has 2 aliphatic carbocycles. The van der Waals surface area contributed by atoms with Crippen LogP contribution in [-0.4, -0.2) is 53.3 Å². The van der Waals surface area contributed by atoms with Crippen LogP contribution >= 0.6 is 0 Å². The van der Waals surface area contributed by atoms with Gasteiger partial charge in [-0.1, -0.05) is 43.9 Å². The van der Waals surface area contributed by atoms with Crippen molar-refractivity contribution in [1.29, 1.82) is 0 Å². The number of aromatic nitrogens is 2. The summed E-state index contributed by atoms with van der Waals surface area (Å²) in [5, 5.41) is 15.8. The SMILES string of the molecule is CCOc1ccc(S(=O)(=O)N2C[C@@H](CC3CCCC3)[C@@H](n3nc(C4(C(=O)O)CC4)c4ccccc43)C2)cc1. The second kappa shape index (κ2) is 9.68. The molecule has 202 valence electrons. The molecule has 2 aromatic carbocycles.